The molecule has 0 saturated heterocycles. The Morgan fingerprint density at radius 2 is 2.00 bits per heavy atom. The van der Waals surface area contributed by atoms with E-state index >= 15 is 0 Å². The van der Waals surface area contributed by atoms with Gasteiger partial charge >= 0.3 is 0 Å². The van der Waals surface area contributed by atoms with Crippen LogP contribution in [0.5, 0.6) is 0 Å². The number of rotatable bonds is 4. The summed E-state index contributed by atoms with van der Waals surface area (Å²) in [4.78, 5) is 2.17. The first-order valence-electron chi connectivity index (χ1n) is 6.11. The first kappa shape index (κ1) is 12.8. The number of hydrogen-bond acceptors (Lipinski definition) is 1. The lowest BCUT2D eigenvalue weighted by molar-refractivity contribution is 0.424. The van der Waals surface area contributed by atoms with Crippen LogP contribution in [0.1, 0.15) is 46.0 Å². The van der Waals surface area contributed by atoms with Gasteiger partial charge in [-0.2, -0.15) is 0 Å². The van der Waals surface area contributed by atoms with E-state index < -0.39 is 0 Å². The van der Waals surface area contributed by atoms with Crippen molar-refractivity contribution in [3.8, 4) is 0 Å². The summed E-state index contributed by atoms with van der Waals surface area (Å²) in [7, 11) is 2.09. The van der Waals surface area contributed by atoms with Crippen molar-refractivity contribution < 1.29 is 0 Å². The molecule has 0 unspecified atom stereocenters. The second-order valence-corrected chi connectivity index (χ2v) is 5.42. The van der Waals surface area contributed by atoms with Crippen molar-refractivity contribution in [1.82, 2.24) is 10.2 Å². The van der Waals surface area contributed by atoms with Gasteiger partial charge in [0.15, 0.2) is 5.11 Å². The summed E-state index contributed by atoms with van der Waals surface area (Å²) in [5, 5.41) is 4.39. The minimum Gasteiger partial charge on any atom is -0.360 e. The summed E-state index contributed by atoms with van der Waals surface area (Å²) in [6, 6.07) is 0.638. The van der Waals surface area contributed by atoms with Crippen LogP contribution < -0.4 is 5.32 Å². The predicted octanol–water partition coefficient (Wildman–Crippen LogP) is 2.78. The third kappa shape index (κ3) is 4.83. The van der Waals surface area contributed by atoms with E-state index in [1.54, 1.807) is 0 Å². The molecule has 0 aliphatic heterocycles. The van der Waals surface area contributed by atoms with Crippen LogP contribution in [0.2, 0.25) is 0 Å². The molecule has 1 aliphatic carbocycles. The molecule has 1 N–H and O–H groups in total. The van der Waals surface area contributed by atoms with Gasteiger partial charge in [-0.25, -0.2) is 0 Å². The van der Waals surface area contributed by atoms with E-state index in [9.17, 15) is 0 Å². The number of nitrogens with one attached hydrogen (secondary N) is 1. The smallest absolute Gasteiger partial charge is 0.168 e. The van der Waals surface area contributed by atoms with Crippen LogP contribution in [0.25, 0.3) is 0 Å². The molecule has 0 bridgehead atoms. The molecule has 0 heterocycles. The highest BCUT2D eigenvalue weighted by Crippen LogP contribution is 2.17. The highest BCUT2D eigenvalue weighted by molar-refractivity contribution is 7.80. The number of hydrogen-bond donors (Lipinski definition) is 1. The van der Waals surface area contributed by atoms with Gasteiger partial charge in [-0.3, -0.25) is 0 Å². The van der Waals surface area contributed by atoms with Gasteiger partial charge in [0.1, 0.15) is 0 Å². The average molecular weight is 228 g/mol. The molecule has 2 nitrogen and oxygen atoms in total. The quantitative estimate of drug-likeness (QED) is 0.745. The van der Waals surface area contributed by atoms with Gasteiger partial charge in [-0.05, 0) is 37.4 Å². The van der Waals surface area contributed by atoms with E-state index in [0.29, 0.717) is 6.04 Å². The Bertz CT molecular complexity index is 198. The van der Waals surface area contributed by atoms with Crippen molar-refractivity contribution >= 4 is 17.3 Å². The standard InChI is InChI=1S/C12H24N2S/c1-10(2)8-9-14(3)12(15)13-11-6-4-5-7-11/h10-11H,4-9H2,1-3H3,(H,13,15). The molecule has 0 spiro atoms. The van der Waals surface area contributed by atoms with Crippen molar-refractivity contribution in [2.45, 2.75) is 52.0 Å². The summed E-state index contributed by atoms with van der Waals surface area (Å²) >= 11 is 5.38. The topological polar surface area (TPSA) is 15.3 Å². The molecule has 1 saturated carbocycles. The minimum atomic E-state index is 0.638. The minimum absolute atomic E-state index is 0.638. The Morgan fingerprint density at radius 1 is 1.40 bits per heavy atom. The predicted molar refractivity (Wildman–Crippen MR) is 70.1 cm³/mol. The van der Waals surface area contributed by atoms with Gasteiger partial charge < -0.3 is 10.2 Å². The number of thiocarbonyl (C=S) groups is 1. The van der Waals surface area contributed by atoms with Crippen LogP contribution in [0.4, 0.5) is 0 Å². The first-order chi connectivity index (χ1) is 7.09. The Hall–Kier alpha value is -0.310. The van der Waals surface area contributed by atoms with Crippen LogP contribution in [0.3, 0.4) is 0 Å². The van der Waals surface area contributed by atoms with E-state index in [0.717, 1.165) is 17.6 Å². The lowest BCUT2D eigenvalue weighted by Gasteiger charge is -2.24. The molecule has 1 rings (SSSR count). The first-order valence-corrected chi connectivity index (χ1v) is 6.52. The van der Waals surface area contributed by atoms with Gasteiger partial charge in [-0.1, -0.05) is 26.7 Å². The SMILES string of the molecule is CC(C)CCN(C)C(=S)NC1CCCC1. The highest BCUT2D eigenvalue weighted by atomic mass is 32.1. The maximum absolute atomic E-state index is 5.38. The Morgan fingerprint density at radius 3 is 2.53 bits per heavy atom. The fraction of sp³-hybridized carbons (Fsp3) is 0.917. The van der Waals surface area contributed by atoms with Gasteiger partial charge in [0.25, 0.3) is 0 Å². The van der Waals surface area contributed by atoms with Gasteiger partial charge in [0.2, 0.25) is 0 Å². The molecule has 0 radical (unpaired) electrons. The van der Waals surface area contributed by atoms with Crippen molar-refractivity contribution in [3.05, 3.63) is 0 Å². The largest absolute Gasteiger partial charge is 0.360 e. The third-order valence-electron chi connectivity index (χ3n) is 3.07. The lowest BCUT2D eigenvalue weighted by Crippen LogP contribution is -2.42. The molecule has 1 fully saturated rings. The zero-order valence-corrected chi connectivity index (χ0v) is 11.1. The molecular formula is C12H24N2S. The van der Waals surface area contributed by atoms with Crippen molar-refractivity contribution in [3.63, 3.8) is 0 Å². The van der Waals surface area contributed by atoms with Crippen molar-refractivity contribution in [2.75, 3.05) is 13.6 Å². The van der Waals surface area contributed by atoms with Crippen LogP contribution >= 0.6 is 12.2 Å². The van der Waals surface area contributed by atoms with E-state index in [2.05, 4.69) is 31.1 Å². The van der Waals surface area contributed by atoms with E-state index in [1.165, 1.54) is 32.1 Å². The fourth-order valence-electron chi connectivity index (χ4n) is 1.91. The molecule has 3 heteroatoms. The van der Waals surface area contributed by atoms with E-state index in [-0.39, 0.29) is 0 Å². The molecule has 88 valence electrons. The van der Waals surface area contributed by atoms with Gasteiger partial charge in [0, 0.05) is 19.6 Å². The summed E-state index contributed by atoms with van der Waals surface area (Å²) in [6.45, 7) is 5.57. The summed E-state index contributed by atoms with van der Waals surface area (Å²) < 4.78 is 0. The lowest BCUT2D eigenvalue weighted by atomic mass is 10.1. The molecule has 15 heavy (non-hydrogen) atoms. The Balaban J connectivity index is 2.20. The van der Waals surface area contributed by atoms with Crippen LogP contribution in [0.15, 0.2) is 0 Å². The second kappa shape index (κ2) is 6.31. The maximum atomic E-state index is 5.38. The monoisotopic (exact) mass is 228 g/mol. The van der Waals surface area contributed by atoms with Crippen molar-refractivity contribution in [2.24, 2.45) is 5.92 Å². The number of nitrogens with zero attached hydrogens (tertiary/aromatic N) is 1. The molecule has 1 aliphatic rings. The Labute approximate surface area is 99.4 Å². The fourth-order valence-corrected chi connectivity index (χ4v) is 2.17. The normalized spacial score (nSPS) is 17.1. The molecule has 0 aromatic carbocycles. The average Bonchev–Trinajstić information content (AvgIpc) is 2.66. The summed E-state index contributed by atoms with van der Waals surface area (Å²) in [6.07, 6.45) is 6.51. The van der Waals surface area contributed by atoms with Gasteiger partial charge in [-0.15, -0.1) is 0 Å². The highest BCUT2D eigenvalue weighted by Gasteiger charge is 2.16. The third-order valence-corrected chi connectivity index (χ3v) is 3.50. The molecule has 0 aromatic heterocycles. The maximum Gasteiger partial charge on any atom is 0.168 e. The summed E-state index contributed by atoms with van der Waals surface area (Å²) in [5.74, 6) is 0.752. The second-order valence-electron chi connectivity index (χ2n) is 5.03. The zero-order valence-electron chi connectivity index (χ0n) is 10.3. The molecular weight excluding hydrogens is 204 g/mol. The van der Waals surface area contributed by atoms with E-state index in [1.807, 2.05) is 0 Å². The van der Waals surface area contributed by atoms with E-state index in [4.69, 9.17) is 12.2 Å². The summed E-state index contributed by atoms with van der Waals surface area (Å²) in [5.41, 5.74) is 0. The molecule has 0 aromatic rings. The zero-order chi connectivity index (χ0) is 11.3. The molecule has 0 amide bonds. The Kier molecular flexibility index (Phi) is 5.37. The van der Waals surface area contributed by atoms with Crippen LogP contribution in [0, 0.1) is 5.92 Å². The van der Waals surface area contributed by atoms with Crippen LogP contribution in [-0.2, 0) is 0 Å². The molecule has 0 atom stereocenters. The van der Waals surface area contributed by atoms with Gasteiger partial charge in [0.05, 0.1) is 0 Å². The van der Waals surface area contributed by atoms with Crippen LogP contribution in [-0.4, -0.2) is 29.6 Å². The van der Waals surface area contributed by atoms with Crippen molar-refractivity contribution in [1.29, 1.82) is 0 Å².